The Labute approximate surface area is 142 Å². The highest BCUT2D eigenvalue weighted by Crippen LogP contribution is 1.98. The Morgan fingerprint density at radius 2 is 1.91 bits per heavy atom. The van der Waals surface area contributed by atoms with Crippen LogP contribution in [0.1, 0.15) is 33.1 Å². The molecule has 0 aromatic carbocycles. The SMILES string of the molecule is CCCCN(C)CCNC(=NCCCN1CCOCC1)NCC. The molecule has 0 radical (unpaired) electrons. The van der Waals surface area contributed by atoms with Crippen molar-refractivity contribution in [3.63, 3.8) is 0 Å². The van der Waals surface area contributed by atoms with Gasteiger partial charge in [-0.25, -0.2) is 0 Å². The summed E-state index contributed by atoms with van der Waals surface area (Å²) in [5.41, 5.74) is 0. The number of ether oxygens (including phenoxy) is 1. The van der Waals surface area contributed by atoms with Crippen molar-refractivity contribution in [1.29, 1.82) is 0 Å². The van der Waals surface area contributed by atoms with E-state index in [2.05, 4.69) is 46.3 Å². The van der Waals surface area contributed by atoms with E-state index in [1.807, 2.05) is 0 Å². The van der Waals surface area contributed by atoms with Crippen molar-refractivity contribution in [2.24, 2.45) is 4.99 Å². The second-order valence-corrected chi connectivity index (χ2v) is 6.15. The van der Waals surface area contributed by atoms with E-state index in [4.69, 9.17) is 4.74 Å². The Morgan fingerprint density at radius 3 is 2.61 bits per heavy atom. The number of likely N-dealkylation sites (N-methyl/N-ethyl adjacent to an activating group) is 1. The fraction of sp³-hybridized carbons (Fsp3) is 0.941. The van der Waals surface area contributed by atoms with Crippen molar-refractivity contribution < 1.29 is 4.74 Å². The molecule has 1 rings (SSSR count). The molecule has 0 aromatic rings. The normalized spacial score (nSPS) is 16.8. The van der Waals surface area contributed by atoms with Crippen LogP contribution in [-0.4, -0.2) is 88.4 Å². The summed E-state index contributed by atoms with van der Waals surface area (Å²) in [6.45, 7) is 14.3. The summed E-state index contributed by atoms with van der Waals surface area (Å²) in [6.07, 6.45) is 3.63. The average molecular weight is 328 g/mol. The van der Waals surface area contributed by atoms with E-state index in [1.54, 1.807) is 0 Å². The third kappa shape index (κ3) is 10.5. The van der Waals surface area contributed by atoms with E-state index in [9.17, 15) is 0 Å². The van der Waals surface area contributed by atoms with Crippen LogP contribution >= 0.6 is 0 Å². The molecule has 136 valence electrons. The predicted molar refractivity (Wildman–Crippen MR) is 98.3 cm³/mol. The fourth-order valence-electron chi connectivity index (χ4n) is 2.56. The van der Waals surface area contributed by atoms with Crippen LogP contribution in [0.4, 0.5) is 0 Å². The fourth-order valence-corrected chi connectivity index (χ4v) is 2.56. The van der Waals surface area contributed by atoms with Gasteiger partial charge in [-0.2, -0.15) is 0 Å². The monoisotopic (exact) mass is 327 g/mol. The first-order chi connectivity index (χ1) is 11.3. The van der Waals surface area contributed by atoms with Crippen molar-refractivity contribution in [2.75, 3.05) is 72.6 Å². The molecule has 1 fully saturated rings. The lowest BCUT2D eigenvalue weighted by molar-refractivity contribution is 0.0377. The zero-order chi connectivity index (χ0) is 16.8. The zero-order valence-corrected chi connectivity index (χ0v) is 15.4. The van der Waals surface area contributed by atoms with Crippen molar-refractivity contribution >= 4 is 5.96 Å². The van der Waals surface area contributed by atoms with Crippen molar-refractivity contribution in [1.82, 2.24) is 20.4 Å². The summed E-state index contributed by atoms with van der Waals surface area (Å²) in [6, 6.07) is 0. The van der Waals surface area contributed by atoms with Crippen LogP contribution in [0.5, 0.6) is 0 Å². The number of guanidine groups is 1. The molecule has 6 nitrogen and oxygen atoms in total. The molecule has 0 spiro atoms. The highest BCUT2D eigenvalue weighted by atomic mass is 16.5. The molecule has 23 heavy (non-hydrogen) atoms. The molecule has 1 heterocycles. The van der Waals surface area contributed by atoms with Gasteiger partial charge in [-0.1, -0.05) is 13.3 Å². The molecule has 0 amide bonds. The number of hydrogen-bond acceptors (Lipinski definition) is 4. The smallest absolute Gasteiger partial charge is 0.191 e. The average Bonchev–Trinajstić information content (AvgIpc) is 2.57. The molecule has 1 aliphatic heterocycles. The second kappa shape index (κ2) is 13.6. The van der Waals surface area contributed by atoms with Crippen LogP contribution in [0.3, 0.4) is 0 Å². The van der Waals surface area contributed by atoms with Crippen molar-refractivity contribution in [3.8, 4) is 0 Å². The first-order valence-corrected chi connectivity index (χ1v) is 9.27. The Kier molecular flexibility index (Phi) is 11.9. The number of hydrogen-bond donors (Lipinski definition) is 2. The van der Waals surface area contributed by atoms with Crippen LogP contribution in [-0.2, 0) is 4.74 Å². The Hall–Kier alpha value is -0.850. The van der Waals surface area contributed by atoms with Gasteiger partial charge in [0.15, 0.2) is 5.96 Å². The Bertz CT molecular complexity index is 305. The van der Waals surface area contributed by atoms with Crippen molar-refractivity contribution in [2.45, 2.75) is 33.1 Å². The number of morpholine rings is 1. The standard InChI is InChI=1S/C17H37N5O/c1-4-6-10-21(3)12-9-20-17(18-5-2)19-8-7-11-22-13-15-23-16-14-22/h4-16H2,1-3H3,(H2,18,19,20). The minimum absolute atomic E-state index is 0.873. The van der Waals surface area contributed by atoms with Crippen LogP contribution in [0, 0.1) is 0 Å². The minimum atomic E-state index is 0.873. The quantitative estimate of drug-likeness (QED) is 0.337. The molecule has 0 aromatic heterocycles. The molecule has 1 saturated heterocycles. The molecule has 0 bridgehead atoms. The van der Waals surface area contributed by atoms with Gasteiger partial charge in [-0.3, -0.25) is 9.89 Å². The van der Waals surface area contributed by atoms with Gasteiger partial charge in [0.05, 0.1) is 13.2 Å². The zero-order valence-electron chi connectivity index (χ0n) is 15.4. The molecule has 6 heteroatoms. The molecule has 0 atom stereocenters. The van der Waals surface area contributed by atoms with E-state index < -0.39 is 0 Å². The highest BCUT2D eigenvalue weighted by molar-refractivity contribution is 5.79. The predicted octanol–water partition coefficient (Wildman–Crippen LogP) is 0.996. The van der Waals surface area contributed by atoms with Gasteiger partial charge < -0.3 is 20.3 Å². The summed E-state index contributed by atoms with van der Waals surface area (Å²) in [5.74, 6) is 0.943. The van der Waals surface area contributed by atoms with E-state index in [0.29, 0.717) is 0 Å². The van der Waals surface area contributed by atoms with Gasteiger partial charge in [-0.05, 0) is 33.4 Å². The van der Waals surface area contributed by atoms with Gasteiger partial charge in [-0.15, -0.1) is 0 Å². The topological polar surface area (TPSA) is 52.1 Å². The van der Waals surface area contributed by atoms with E-state index >= 15 is 0 Å². The Morgan fingerprint density at radius 1 is 1.13 bits per heavy atom. The van der Waals surface area contributed by atoms with Crippen LogP contribution in [0.2, 0.25) is 0 Å². The number of unbranched alkanes of at least 4 members (excludes halogenated alkanes) is 1. The van der Waals surface area contributed by atoms with Gasteiger partial charge in [0.1, 0.15) is 0 Å². The lowest BCUT2D eigenvalue weighted by atomic mass is 10.3. The summed E-state index contributed by atoms with van der Waals surface area (Å²) in [4.78, 5) is 9.51. The third-order valence-electron chi connectivity index (χ3n) is 4.03. The number of aliphatic imine (C=N–C) groups is 1. The summed E-state index contributed by atoms with van der Waals surface area (Å²) in [5, 5.41) is 6.75. The highest BCUT2D eigenvalue weighted by Gasteiger charge is 2.09. The Balaban J connectivity index is 2.16. The largest absolute Gasteiger partial charge is 0.379 e. The second-order valence-electron chi connectivity index (χ2n) is 6.15. The maximum absolute atomic E-state index is 5.37. The third-order valence-corrected chi connectivity index (χ3v) is 4.03. The lowest BCUT2D eigenvalue weighted by Gasteiger charge is -2.26. The van der Waals surface area contributed by atoms with Gasteiger partial charge in [0.25, 0.3) is 0 Å². The van der Waals surface area contributed by atoms with Gasteiger partial charge in [0.2, 0.25) is 0 Å². The first kappa shape index (κ1) is 20.2. The van der Waals surface area contributed by atoms with Gasteiger partial charge in [0, 0.05) is 45.8 Å². The molecular formula is C17H37N5O. The molecule has 0 unspecified atom stereocenters. The number of nitrogens with one attached hydrogen (secondary N) is 2. The summed E-state index contributed by atoms with van der Waals surface area (Å²) in [7, 11) is 2.18. The summed E-state index contributed by atoms with van der Waals surface area (Å²) < 4.78 is 5.37. The number of rotatable bonds is 11. The van der Waals surface area contributed by atoms with Crippen LogP contribution < -0.4 is 10.6 Å². The molecule has 0 aliphatic carbocycles. The molecule has 2 N–H and O–H groups in total. The lowest BCUT2D eigenvalue weighted by Crippen LogP contribution is -2.41. The van der Waals surface area contributed by atoms with Crippen molar-refractivity contribution in [3.05, 3.63) is 0 Å². The van der Waals surface area contributed by atoms with E-state index in [0.717, 1.165) is 71.4 Å². The molecular weight excluding hydrogens is 290 g/mol. The van der Waals surface area contributed by atoms with E-state index in [1.165, 1.54) is 19.4 Å². The first-order valence-electron chi connectivity index (χ1n) is 9.27. The molecule has 0 saturated carbocycles. The van der Waals surface area contributed by atoms with Crippen LogP contribution in [0.15, 0.2) is 4.99 Å². The van der Waals surface area contributed by atoms with E-state index in [-0.39, 0.29) is 0 Å². The maximum atomic E-state index is 5.37. The maximum Gasteiger partial charge on any atom is 0.191 e. The van der Waals surface area contributed by atoms with Crippen LogP contribution in [0.25, 0.3) is 0 Å². The summed E-state index contributed by atoms with van der Waals surface area (Å²) >= 11 is 0. The minimum Gasteiger partial charge on any atom is -0.379 e. The molecule has 1 aliphatic rings. The number of nitrogens with zero attached hydrogens (tertiary/aromatic N) is 3. The van der Waals surface area contributed by atoms with Gasteiger partial charge >= 0.3 is 0 Å².